The normalized spacial score (nSPS) is 13.8. The van der Waals surface area contributed by atoms with Crippen molar-refractivity contribution in [3.8, 4) is 0 Å². The molecule has 0 aliphatic carbocycles. The Labute approximate surface area is 163 Å². The van der Waals surface area contributed by atoms with Crippen LogP contribution in [0.15, 0.2) is 54.6 Å². The van der Waals surface area contributed by atoms with E-state index in [1.54, 1.807) is 41.0 Å². The topological polar surface area (TPSA) is 79.0 Å². The Morgan fingerprint density at radius 2 is 1.43 bits per heavy atom. The SMILES string of the molecule is CCOC(=O)N1CCN(C(=O)c2ccc(C(=O)Nc3ccccc3)cc2)CC1. The van der Waals surface area contributed by atoms with Gasteiger partial charge in [0.1, 0.15) is 0 Å². The van der Waals surface area contributed by atoms with Crippen LogP contribution in [-0.2, 0) is 4.74 Å². The fourth-order valence-electron chi connectivity index (χ4n) is 2.98. The summed E-state index contributed by atoms with van der Waals surface area (Å²) in [6.45, 7) is 3.90. The van der Waals surface area contributed by atoms with E-state index in [-0.39, 0.29) is 17.9 Å². The van der Waals surface area contributed by atoms with E-state index in [2.05, 4.69) is 5.32 Å². The van der Waals surface area contributed by atoms with Gasteiger partial charge in [0.15, 0.2) is 0 Å². The number of amides is 3. The van der Waals surface area contributed by atoms with Crippen molar-refractivity contribution in [2.45, 2.75) is 6.92 Å². The second kappa shape index (κ2) is 9.03. The first-order valence-corrected chi connectivity index (χ1v) is 9.26. The highest BCUT2D eigenvalue weighted by atomic mass is 16.6. The fourth-order valence-corrected chi connectivity index (χ4v) is 2.98. The summed E-state index contributed by atoms with van der Waals surface area (Å²) in [4.78, 5) is 40.0. The minimum Gasteiger partial charge on any atom is -0.450 e. The van der Waals surface area contributed by atoms with E-state index in [4.69, 9.17) is 4.74 Å². The molecule has 1 fully saturated rings. The van der Waals surface area contributed by atoms with Crippen molar-refractivity contribution in [3.05, 3.63) is 65.7 Å². The van der Waals surface area contributed by atoms with E-state index in [9.17, 15) is 14.4 Å². The Hall–Kier alpha value is -3.35. The van der Waals surface area contributed by atoms with Gasteiger partial charge in [0.05, 0.1) is 6.61 Å². The van der Waals surface area contributed by atoms with Crippen LogP contribution in [0.3, 0.4) is 0 Å². The summed E-state index contributed by atoms with van der Waals surface area (Å²) in [6, 6.07) is 15.8. The molecule has 1 aliphatic rings. The van der Waals surface area contributed by atoms with Crippen molar-refractivity contribution >= 4 is 23.6 Å². The third-order valence-electron chi connectivity index (χ3n) is 4.52. The van der Waals surface area contributed by atoms with Gasteiger partial charge < -0.3 is 19.9 Å². The molecular formula is C21H23N3O4. The number of hydrogen-bond acceptors (Lipinski definition) is 4. The van der Waals surface area contributed by atoms with Crippen molar-refractivity contribution in [2.75, 3.05) is 38.1 Å². The van der Waals surface area contributed by atoms with Crippen LogP contribution in [0.5, 0.6) is 0 Å². The van der Waals surface area contributed by atoms with Gasteiger partial charge in [-0.05, 0) is 43.3 Å². The highest BCUT2D eigenvalue weighted by molar-refractivity contribution is 6.05. The molecule has 0 saturated carbocycles. The van der Waals surface area contributed by atoms with Crippen molar-refractivity contribution in [1.82, 2.24) is 9.80 Å². The van der Waals surface area contributed by atoms with E-state index < -0.39 is 0 Å². The van der Waals surface area contributed by atoms with Crippen LogP contribution in [0.1, 0.15) is 27.6 Å². The van der Waals surface area contributed by atoms with Crippen LogP contribution >= 0.6 is 0 Å². The summed E-state index contributed by atoms with van der Waals surface area (Å²) >= 11 is 0. The van der Waals surface area contributed by atoms with Gasteiger partial charge in [-0.3, -0.25) is 9.59 Å². The van der Waals surface area contributed by atoms with Crippen LogP contribution in [0.2, 0.25) is 0 Å². The highest BCUT2D eigenvalue weighted by Gasteiger charge is 2.25. The average Bonchev–Trinajstić information content (AvgIpc) is 2.74. The Bertz CT molecular complexity index is 828. The minimum atomic E-state index is -0.344. The minimum absolute atomic E-state index is 0.112. The molecule has 0 radical (unpaired) electrons. The molecule has 28 heavy (non-hydrogen) atoms. The molecule has 0 unspecified atom stereocenters. The highest BCUT2D eigenvalue weighted by Crippen LogP contribution is 2.13. The van der Waals surface area contributed by atoms with Crippen molar-refractivity contribution in [1.29, 1.82) is 0 Å². The first-order valence-electron chi connectivity index (χ1n) is 9.26. The molecular weight excluding hydrogens is 358 g/mol. The number of carbonyl (C=O) groups excluding carboxylic acids is 3. The summed E-state index contributed by atoms with van der Waals surface area (Å²) in [6.07, 6.45) is -0.344. The van der Waals surface area contributed by atoms with E-state index in [1.807, 2.05) is 30.3 Å². The standard InChI is InChI=1S/C21H23N3O4/c1-2-28-21(27)24-14-12-23(13-15-24)20(26)17-10-8-16(9-11-17)19(25)22-18-6-4-3-5-7-18/h3-11H,2,12-15H2,1H3,(H,22,25). The first-order chi connectivity index (χ1) is 13.6. The van der Waals surface area contributed by atoms with E-state index >= 15 is 0 Å². The maximum Gasteiger partial charge on any atom is 0.409 e. The van der Waals surface area contributed by atoms with Gasteiger partial charge in [0.2, 0.25) is 0 Å². The fraction of sp³-hybridized carbons (Fsp3) is 0.286. The third-order valence-corrected chi connectivity index (χ3v) is 4.52. The third kappa shape index (κ3) is 4.68. The lowest BCUT2D eigenvalue weighted by Gasteiger charge is -2.34. The van der Waals surface area contributed by atoms with Crippen LogP contribution in [0, 0.1) is 0 Å². The van der Waals surface area contributed by atoms with Crippen molar-refractivity contribution < 1.29 is 19.1 Å². The van der Waals surface area contributed by atoms with E-state index in [0.717, 1.165) is 0 Å². The van der Waals surface area contributed by atoms with Gasteiger partial charge in [-0.1, -0.05) is 18.2 Å². The lowest BCUT2D eigenvalue weighted by atomic mass is 10.1. The molecule has 1 saturated heterocycles. The van der Waals surface area contributed by atoms with E-state index in [1.165, 1.54) is 0 Å². The lowest BCUT2D eigenvalue weighted by molar-refractivity contribution is 0.0570. The number of benzene rings is 2. The monoisotopic (exact) mass is 381 g/mol. The molecule has 7 heteroatoms. The molecule has 0 aromatic heterocycles. The van der Waals surface area contributed by atoms with Crippen LogP contribution < -0.4 is 5.32 Å². The summed E-state index contributed by atoms with van der Waals surface area (Å²) in [5, 5.41) is 2.81. The van der Waals surface area contributed by atoms with Crippen LogP contribution in [0.25, 0.3) is 0 Å². The van der Waals surface area contributed by atoms with Gasteiger partial charge in [0.25, 0.3) is 11.8 Å². The zero-order valence-corrected chi connectivity index (χ0v) is 15.8. The molecule has 1 aliphatic heterocycles. The van der Waals surface area contributed by atoms with Crippen LogP contribution in [-0.4, -0.2) is 60.5 Å². The van der Waals surface area contributed by atoms with Crippen molar-refractivity contribution in [3.63, 3.8) is 0 Å². The van der Waals surface area contributed by atoms with Crippen molar-refractivity contribution in [2.24, 2.45) is 0 Å². The molecule has 146 valence electrons. The number of carbonyl (C=O) groups is 3. The quantitative estimate of drug-likeness (QED) is 0.883. The number of nitrogens with zero attached hydrogens (tertiary/aromatic N) is 2. The molecule has 1 N–H and O–H groups in total. The molecule has 3 amide bonds. The molecule has 2 aromatic rings. The van der Waals surface area contributed by atoms with Gasteiger partial charge >= 0.3 is 6.09 Å². The number of anilines is 1. The molecule has 0 atom stereocenters. The number of ether oxygens (including phenoxy) is 1. The second-order valence-electron chi connectivity index (χ2n) is 6.38. The molecule has 0 bridgehead atoms. The maximum atomic E-state index is 12.7. The number of nitrogens with one attached hydrogen (secondary N) is 1. The summed E-state index contributed by atoms with van der Waals surface area (Å²) in [5.41, 5.74) is 1.71. The first kappa shape index (κ1) is 19.4. The summed E-state index contributed by atoms with van der Waals surface area (Å²) in [5.74, 6) is -0.341. The van der Waals surface area contributed by atoms with E-state index in [0.29, 0.717) is 49.6 Å². The zero-order chi connectivity index (χ0) is 19.9. The number of piperazine rings is 1. The zero-order valence-electron chi connectivity index (χ0n) is 15.8. The van der Waals surface area contributed by atoms with Gasteiger partial charge in [0, 0.05) is 43.0 Å². The van der Waals surface area contributed by atoms with Gasteiger partial charge in [-0.15, -0.1) is 0 Å². The largest absolute Gasteiger partial charge is 0.450 e. The molecule has 7 nitrogen and oxygen atoms in total. The van der Waals surface area contributed by atoms with Gasteiger partial charge in [-0.2, -0.15) is 0 Å². The number of hydrogen-bond donors (Lipinski definition) is 1. The average molecular weight is 381 g/mol. The Morgan fingerprint density at radius 3 is 2.04 bits per heavy atom. The Morgan fingerprint density at radius 1 is 0.857 bits per heavy atom. The molecule has 0 spiro atoms. The molecule has 1 heterocycles. The summed E-state index contributed by atoms with van der Waals surface area (Å²) in [7, 11) is 0. The lowest BCUT2D eigenvalue weighted by Crippen LogP contribution is -2.50. The maximum absolute atomic E-state index is 12.7. The second-order valence-corrected chi connectivity index (χ2v) is 6.38. The Balaban J connectivity index is 1.57. The Kier molecular flexibility index (Phi) is 6.26. The number of para-hydroxylation sites is 1. The molecule has 3 rings (SSSR count). The summed E-state index contributed by atoms with van der Waals surface area (Å²) < 4.78 is 4.99. The molecule has 2 aromatic carbocycles. The smallest absolute Gasteiger partial charge is 0.409 e. The van der Waals surface area contributed by atoms with Crippen LogP contribution in [0.4, 0.5) is 10.5 Å². The predicted octanol–water partition coefficient (Wildman–Crippen LogP) is 2.85. The predicted molar refractivity (Wildman–Crippen MR) is 105 cm³/mol. The van der Waals surface area contributed by atoms with Gasteiger partial charge in [-0.25, -0.2) is 4.79 Å². The number of rotatable bonds is 4.